The third-order valence-corrected chi connectivity index (χ3v) is 5.34. The lowest BCUT2D eigenvalue weighted by Crippen LogP contribution is -2.31. The summed E-state index contributed by atoms with van der Waals surface area (Å²) in [6.45, 7) is 4.11. The Morgan fingerprint density at radius 2 is 2.09 bits per heavy atom. The molecule has 1 amide bonds. The maximum absolute atomic E-state index is 12.6. The number of para-hydroxylation sites is 1. The van der Waals surface area contributed by atoms with Crippen molar-refractivity contribution in [1.82, 2.24) is 15.1 Å². The summed E-state index contributed by atoms with van der Waals surface area (Å²) in [5, 5.41) is 10.8. The van der Waals surface area contributed by atoms with Crippen LogP contribution in [0.4, 0.5) is 5.82 Å². The monoisotopic (exact) mass is 310 g/mol. The number of piperidine rings is 1. The molecule has 1 aliphatic heterocycles. The molecule has 2 heterocycles. The maximum atomic E-state index is 12.6. The topological polar surface area (TPSA) is 59.0 Å². The highest BCUT2D eigenvalue weighted by molar-refractivity contribution is 5.94. The lowest BCUT2D eigenvalue weighted by molar-refractivity contribution is -0.118. The van der Waals surface area contributed by atoms with Gasteiger partial charge in [0.05, 0.1) is 11.9 Å². The highest BCUT2D eigenvalue weighted by Gasteiger charge is 2.57. The van der Waals surface area contributed by atoms with Gasteiger partial charge in [0.25, 0.3) is 0 Å². The summed E-state index contributed by atoms with van der Waals surface area (Å²) in [5.41, 5.74) is 2.39. The zero-order valence-corrected chi connectivity index (χ0v) is 13.4. The normalized spacial score (nSPS) is 22.0. The molecule has 5 heteroatoms. The van der Waals surface area contributed by atoms with Crippen LogP contribution in [0.5, 0.6) is 0 Å². The Morgan fingerprint density at radius 1 is 1.30 bits per heavy atom. The SMILES string of the molecule is Cc1ccccc1-n1nccc1NC(=O)C1CC12CCNCC2. The van der Waals surface area contributed by atoms with E-state index < -0.39 is 0 Å². The van der Waals surface area contributed by atoms with E-state index in [2.05, 4.69) is 15.7 Å². The van der Waals surface area contributed by atoms with Crippen molar-refractivity contribution in [2.45, 2.75) is 26.2 Å². The molecule has 1 aromatic heterocycles. The summed E-state index contributed by atoms with van der Waals surface area (Å²) in [4.78, 5) is 12.6. The molecule has 1 spiro atoms. The summed E-state index contributed by atoms with van der Waals surface area (Å²) >= 11 is 0. The molecule has 0 bridgehead atoms. The molecule has 1 atom stereocenters. The summed E-state index contributed by atoms with van der Waals surface area (Å²) in [7, 11) is 0. The van der Waals surface area contributed by atoms with Crippen molar-refractivity contribution in [2.24, 2.45) is 11.3 Å². The number of nitrogens with zero attached hydrogens (tertiary/aromatic N) is 2. The smallest absolute Gasteiger partial charge is 0.229 e. The van der Waals surface area contributed by atoms with E-state index in [1.54, 1.807) is 6.20 Å². The number of hydrogen-bond donors (Lipinski definition) is 2. The van der Waals surface area contributed by atoms with Crippen molar-refractivity contribution in [1.29, 1.82) is 0 Å². The molecule has 2 aromatic rings. The predicted molar refractivity (Wildman–Crippen MR) is 89.6 cm³/mol. The van der Waals surface area contributed by atoms with Crippen molar-refractivity contribution in [3.8, 4) is 5.69 Å². The summed E-state index contributed by atoms with van der Waals surface area (Å²) in [6.07, 6.45) is 4.98. The molecule has 1 unspecified atom stereocenters. The second-order valence-electron chi connectivity index (χ2n) is 6.77. The van der Waals surface area contributed by atoms with Crippen molar-refractivity contribution in [3.05, 3.63) is 42.1 Å². The lowest BCUT2D eigenvalue weighted by atomic mass is 9.92. The maximum Gasteiger partial charge on any atom is 0.229 e. The molecule has 5 nitrogen and oxygen atoms in total. The van der Waals surface area contributed by atoms with E-state index in [-0.39, 0.29) is 17.2 Å². The number of carbonyl (C=O) groups is 1. The van der Waals surface area contributed by atoms with Gasteiger partial charge in [-0.15, -0.1) is 0 Å². The zero-order chi connectivity index (χ0) is 15.9. The molecule has 1 saturated carbocycles. The van der Waals surface area contributed by atoms with Gasteiger partial charge >= 0.3 is 0 Å². The van der Waals surface area contributed by atoms with Gasteiger partial charge in [0.15, 0.2) is 0 Å². The van der Waals surface area contributed by atoms with Crippen LogP contribution in [0.1, 0.15) is 24.8 Å². The third-order valence-electron chi connectivity index (χ3n) is 5.34. The lowest BCUT2D eigenvalue weighted by Gasteiger charge is -2.23. The summed E-state index contributed by atoms with van der Waals surface area (Å²) in [5.74, 6) is 1.05. The first-order chi connectivity index (χ1) is 11.2. The van der Waals surface area contributed by atoms with Crippen LogP contribution >= 0.6 is 0 Å². The molecule has 2 N–H and O–H groups in total. The van der Waals surface area contributed by atoms with Crippen molar-refractivity contribution in [3.63, 3.8) is 0 Å². The van der Waals surface area contributed by atoms with E-state index in [4.69, 9.17) is 0 Å². The van der Waals surface area contributed by atoms with Crippen molar-refractivity contribution < 1.29 is 4.79 Å². The van der Waals surface area contributed by atoms with Gasteiger partial charge in [-0.05, 0) is 56.3 Å². The molecule has 120 valence electrons. The summed E-state index contributed by atoms with van der Waals surface area (Å²) < 4.78 is 1.81. The first-order valence-corrected chi connectivity index (χ1v) is 8.31. The average Bonchev–Trinajstić information content (AvgIpc) is 3.05. The molecule has 1 aromatic carbocycles. The van der Waals surface area contributed by atoms with E-state index >= 15 is 0 Å². The Hall–Kier alpha value is -2.14. The Balaban J connectivity index is 1.51. The predicted octanol–water partition coefficient (Wildman–Crippen LogP) is 2.51. The van der Waals surface area contributed by atoms with Crippen LogP contribution in [0.15, 0.2) is 36.5 Å². The Morgan fingerprint density at radius 3 is 2.87 bits per heavy atom. The Kier molecular flexibility index (Phi) is 3.45. The number of rotatable bonds is 3. The van der Waals surface area contributed by atoms with Gasteiger partial charge in [0.1, 0.15) is 5.82 Å². The van der Waals surface area contributed by atoms with Crippen molar-refractivity contribution >= 4 is 11.7 Å². The first-order valence-electron chi connectivity index (χ1n) is 8.31. The molecular weight excluding hydrogens is 288 g/mol. The summed E-state index contributed by atoms with van der Waals surface area (Å²) in [6, 6.07) is 9.92. The van der Waals surface area contributed by atoms with Gasteiger partial charge < -0.3 is 10.6 Å². The minimum Gasteiger partial charge on any atom is -0.317 e. The number of aromatic nitrogens is 2. The molecule has 0 radical (unpaired) electrons. The van der Waals surface area contributed by atoms with Gasteiger partial charge in [0.2, 0.25) is 5.91 Å². The zero-order valence-electron chi connectivity index (χ0n) is 13.4. The highest BCUT2D eigenvalue weighted by Crippen LogP contribution is 2.58. The fraction of sp³-hybridized carbons (Fsp3) is 0.444. The van der Waals surface area contributed by atoms with Crippen LogP contribution in [-0.4, -0.2) is 28.8 Å². The average molecular weight is 310 g/mol. The minimum absolute atomic E-state index is 0.141. The third kappa shape index (κ3) is 2.55. The second kappa shape index (κ2) is 5.49. The molecule has 1 aliphatic carbocycles. The molecule has 4 rings (SSSR count). The number of hydrogen-bond acceptors (Lipinski definition) is 3. The molecule has 1 saturated heterocycles. The van der Waals surface area contributed by atoms with Gasteiger partial charge in [0, 0.05) is 12.0 Å². The molecule has 2 aliphatic rings. The standard InChI is InChI=1S/C18H22N4O/c1-13-4-2-3-5-15(13)22-16(6-9-20-22)21-17(23)14-12-18(14)7-10-19-11-8-18/h2-6,9,14,19H,7-8,10-12H2,1H3,(H,21,23). The van der Waals surface area contributed by atoms with E-state index in [1.165, 1.54) is 0 Å². The number of carbonyl (C=O) groups excluding carboxylic acids is 1. The number of anilines is 1. The van der Waals surface area contributed by atoms with E-state index in [9.17, 15) is 4.79 Å². The number of aryl methyl sites for hydroxylation is 1. The molecule has 2 fully saturated rings. The molecular formula is C18H22N4O. The number of benzene rings is 1. The van der Waals surface area contributed by atoms with Crippen LogP contribution < -0.4 is 10.6 Å². The number of nitrogens with one attached hydrogen (secondary N) is 2. The van der Waals surface area contributed by atoms with Gasteiger partial charge in [-0.3, -0.25) is 4.79 Å². The van der Waals surface area contributed by atoms with Crippen LogP contribution in [0.2, 0.25) is 0 Å². The quantitative estimate of drug-likeness (QED) is 0.916. The van der Waals surface area contributed by atoms with Crippen LogP contribution in [-0.2, 0) is 4.79 Å². The fourth-order valence-electron chi connectivity index (χ4n) is 3.80. The van der Waals surface area contributed by atoms with Gasteiger partial charge in [-0.25, -0.2) is 4.68 Å². The first kappa shape index (κ1) is 14.5. The largest absolute Gasteiger partial charge is 0.317 e. The van der Waals surface area contributed by atoms with Crippen LogP contribution in [0, 0.1) is 18.3 Å². The molecule has 23 heavy (non-hydrogen) atoms. The van der Waals surface area contributed by atoms with E-state index in [0.717, 1.165) is 49.4 Å². The Labute approximate surface area is 136 Å². The second-order valence-corrected chi connectivity index (χ2v) is 6.77. The fourth-order valence-corrected chi connectivity index (χ4v) is 3.80. The van der Waals surface area contributed by atoms with Gasteiger partial charge in [-0.1, -0.05) is 18.2 Å². The minimum atomic E-state index is 0.141. The number of amides is 1. The van der Waals surface area contributed by atoms with Crippen LogP contribution in [0.25, 0.3) is 5.69 Å². The van der Waals surface area contributed by atoms with Gasteiger partial charge in [-0.2, -0.15) is 5.10 Å². The highest BCUT2D eigenvalue weighted by atomic mass is 16.2. The Bertz CT molecular complexity index is 730. The van der Waals surface area contributed by atoms with Crippen LogP contribution in [0.3, 0.4) is 0 Å². The van der Waals surface area contributed by atoms with Crippen molar-refractivity contribution in [2.75, 3.05) is 18.4 Å². The van der Waals surface area contributed by atoms with E-state index in [0.29, 0.717) is 0 Å². The van der Waals surface area contributed by atoms with E-state index in [1.807, 2.05) is 41.9 Å².